The highest BCUT2D eigenvalue weighted by Gasteiger charge is 2.33. The molecule has 2 aromatic carbocycles. The number of anilines is 1. The summed E-state index contributed by atoms with van der Waals surface area (Å²) in [5.41, 5.74) is -0.0851. The van der Waals surface area contributed by atoms with Gasteiger partial charge in [-0.2, -0.15) is 10.2 Å². The highest BCUT2D eigenvalue weighted by Crippen LogP contribution is 2.34. The van der Waals surface area contributed by atoms with Crippen LogP contribution in [0.3, 0.4) is 0 Å². The molecule has 1 aromatic heterocycles. The normalized spacial score (nSPS) is 16.1. The Labute approximate surface area is 187 Å². The quantitative estimate of drug-likeness (QED) is 0.479. The SMILES string of the molecule is O=c1ccn(-c2cccc(OC(F)(F)F)c2)nc1C1CC=NN1c1cccc(OC(F)(F)F)c1. The van der Waals surface area contributed by atoms with Gasteiger partial charge in [-0.05, 0) is 24.3 Å². The van der Waals surface area contributed by atoms with Gasteiger partial charge >= 0.3 is 12.7 Å². The summed E-state index contributed by atoms with van der Waals surface area (Å²) in [5, 5.41) is 9.71. The standard InChI is InChI=1S/C21H14F6N4O3/c22-20(23,24)33-15-5-1-3-13(11-15)30-10-8-18(32)19(29-30)17-7-9-28-31(17)14-4-2-6-16(12-14)34-21(25,26)27/h1-6,8-12,17H,7H2. The van der Waals surface area contributed by atoms with Crippen LogP contribution in [0, 0.1) is 0 Å². The Morgan fingerprint density at radius 2 is 1.44 bits per heavy atom. The van der Waals surface area contributed by atoms with Crippen molar-refractivity contribution in [3.8, 4) is 17.2 Å². The minimum atomic E-state index is -4.88. The Hall–Kier alpha value is -4.03. The zero-order valence-electron chi connectivity index (χ0n) is 16.9. The largest absolute Gasteiger partial charge is 0.573 e. The van der Waals surface area contributed by atoms with Crippen LogP contribution in [0.1, 0.15) is 18.2 Å². The van der Waals surface area contributed by atoms with E-state index < -0.39 is 35.7 Å². The van der Waals surface area contributed by atoms with Crippen molar-refractivity contribution in [2.45, 2.75) is 25.2 Å². The lowest BCUT2D eigenvalue weighted by Crippen LogP contribution is -2.27. The van der Waals surface area contributed by atoms with Gasteiger partial charge in [-0.1, -0.05) is 12.1 Å². The number of aromatic nitrogens is 2. The first-order chi connectivity index (χ1) is 16.0. The van der Waals surface area contributed by atoms with E-state index in [0.29, 0.717) is 0 Å². The fourth-order valence-electron chi connectivity index (χ4n) is 3.33. The summed E-state index contributed by atoms with van der Waals surface area (Å²) in [7, 11) is 0. The number of hydrogen-bond donors (Lipinski definition) is 0. The van der Waals surface area contributed by atoms with Crippen molar-refractivity contribution in [3.63, 3.8) is 0 Å². The highest BCUT2D eigenvalue weighted by atomic mass is 19.4. The summed E-state index contributed by atoms with van der Waals surface area (Å²) in [6, 6.07) is 10.5. The van der Waals surface area contributed by atoms with Crippen molar-refractivity contribution in [2.24, 2.45) is 5.10 Å². The monoisotopic (exact) mass is 484 g/mol. The minimum Gasteiger partial charge on any atom is -0.406 e. The van der Waals surface area contributed by atoms with Gasteiger partial charge in [-0.25, -0.2) is 4.68 Å². The van der Waals surface area contributed by atoms with E-state index in [9.17, 15) is 31.1 Å². The summed E-state index contributed by atoms with van der Waals surface area (Å²) >= 11 is 0. The number of alkyl halides is 6. The maximum atomic E-state index is 12.6. The van der Waals surface area contributed by atoms with Crippen LogP contribution in [0.5, 0.6) is 11.5 Å². The number of halogens is 6. The molecule has 0 saturated carbocycles. The van der Waals surface area contributed by atoms with Crippen LogP contribution in [0.25, 0.3) is 5.69 Å². The molecule has 0 N–H and O–H groups in total. The molecule has 34 heavy (non-hydrogen) atoms. The first kappa shape index (κ1) is 23.1. The van der Waals surface area contributed by atoms with Gasteiger partial charge in [0.15, 0.2) is 0 Å². The minimum absolute atomic E-state index is 0.00992. The van der Waals surface area contributed by atoms with Crippen LogP contribution in [0.15, 0.2) is 70.7 Å². The van der Waals surface area contributed by atoms with Gasteiger partial charge in [0.1, 0.15) is 23.2 Å². The Balaban J connectivity index is 1.66. The van der Waals surface area contributed by atoms with Crippen molar-refractivity contribution in [2.75, 3.05) is 5.01 Å². The molecule has 1 aliphatic heterocycles. The van der Waals surface area contributed by atoms with Crippen LogP contribution in [0.2, 0.25) is 0 Å². The second kappa shape index (κ2) is 8.72. The molecule has 3 aromatic rings. The summed E-state index contributed by atoms with van der Waals surface area (Å²) in [4.78, 5) is 12.6. The van der Waals surface area contributed by atoms with Gasteiger partial charge in [0, 0.05) is 37.0 Å². The Morgan fingerprint density at radius 3 is 2.06 bits per heavy atom. The molecular weight excluding hydrogens is 470 g/mol. The van der Waals surface area contributed by atoms with Crippen LogP contribution in [0.4, 0.5) is 32.0 Å². The predicted molar refractivity (Wildman–Crippen MR) is 108 cm³/mol. The van der Waals surface area contributed by atoms with Crippen molar-refractivity contribution in [1.29, 1.82) is 0 Å². The van der Waals surface area contributed by atoms with E-state index in [0.717, 1.165) is 24.3 Å². The molecule has 0 saturated heterocycles. The van der Waals surface area contributed by atoms with E-state index in [1.807, 2.05) is 0 Å². The molecular formula is C21H14F6N4O3. The molecule has 0 aliphatic carbocycles. The van der Waals surface area contributed by atoms with Gasteiger partial charge in [0.05, 0.1) is 11.4 Å². The lowest BCUT2D eigenvalue weighted by Gasteiger charge is -2.24. The zero-order valence-corrected chi connectivity index (χ0v) is 16.9. The van der Waals surface area contributed by atoms with E-state index in [-0.39, 0.29) is 23.5 Å². The second-order valence-corrected chi connectivity index (χ2v) is 6.99. The van der Waals surface area contributed by atoms with Crippen molar-refractivity contribution < 1.29 is 35.8 Å². The van der Waals surface area contributed by atoms with E-state index in [1.54, 1.807) is 0 Å². The first-order valence-corrected chi connectivity index (χ1v) is 9.62. The fraction of sp³-hybridized carbons (Fsp3) is 0.190. The summed E-state index contributed by atoms with van der Waals surface area (Å²) < 4.78 is 84.4. The van der Waals surface area contributed by atoms with Crippen molar-refractivity contribution in [3.05, 3.63) is 76.7 Å². The summed E-state index contributed by atoms with van der Waals surface area (Å²) in [6.45, 7) is 0. The Morgan fingerprint density at radius 1 is 0.853 bits per heavy atom. The molecule has 0 fully saturated rings. The number of ether oxygens (including phenoxy) is 2. The Bertz CT molecular complexity index is 1270. The number of hydrogen-bond acceptors (Lipinski definition) is 6. The van der Waals surface area contributed by atoms with Gasteiger partial charge in [0.2, 0.25) is 5.43 Å². The molecule has 2 heterocycles. The van der Waals surface area contributed by atoms with Crippen LogP contribution in [-0.2, 0) is 0 Å². The van der Waals surface area contributed by atoms with Crippen LogP contribution in [-0.4, -0.2) is 28.7 Å². The van der Waals surface area contributed by atoms with Gasteiger partial charge in [0.25, 0.3) is 0 Å². The zero-order chi connectivity index (χ0) is 24.5. The Kier molecular flexibility index (Phi) is 5.94. The number of benzene rings is 2. The molecule has 13 heteroatoms. The van der Waals surface area contributed by atoms with Gasteiger partial charge < -0.3 is 9.47 Å². The average Bonchev–Trinajstić information content (AvgIpc) is 3.22. The van der Waals surface area contributed by atoms with Gasteiger partial charge in [-0.3, -0.25) is 9.80 Å². The molecule has 0 radical (unpaired) electrons. The third kappa shape index (κ3) is 5.47. The molecule has 0 spiro atoms. The van der Waals surface area contributed by atoms with Crippen molar-refractivity contribution >= 4 is 11.9 Å². The third-order valence-corrected chi connectivity index (χ3v) is 4.61. The van der Waals surface area contributed by atoms with E-state index in [4.69, 9.17) is 0 Å². The highest BCUT2D eigenvalue weighted by molar-refractivity contribution is 5.68. The van der Waals surface area contributed by atoms with E-state index in [2.05, 4.69) is 19.7 Å². The summed E-state index contributed by atoms with van der Waals surface area (Å²) in [6.07, 6.45) is -6.80. The van der Waals surface area contributed by atoms with E-state index >= 15 is 0 Å². The maximum absolute atomic E-state index is 12.6. The smallest absolute Gasteiger partial charge is 0.406 e. The maximum Gasteiger partial charge on any atom is 0.573 e. The molecule has 178 valence electrons. The molecule has 7 nitrogen and oxygen atoms in total. The molecule has 1 unspecified atom stereocenters. The molecule has 0 amide bonds. The van der Waals surface area contributed by atoms with Crippen LogP contribution < -0.4 is 19.9 Å². The topological polar surface area (TPSA) is 69.0 Å². The molecule has 1 aliphatic rings. The lowest BCUT2D eigenvalue weighted by atomic mass is 10.1. The van der Waals surface area contributed by atoms with Crippen molar-refractivity contribution in [1.82, 2.24) is 9.78 Å². The molecule has 4 rings (SSSR count). The number of rotatable bonds is 5. The third-order valence-electron chi connectivity index (χ3n) is 4.61. The molecule has 0 bridgehead atoms. The fourth-order valence-corrected chi connectivity index (χ4v) is 3.33. The number of nitrogens with zero attached hydrogens (tertiary/aromatic N) is 4. The van der Waals surface area contributed by atoms with Crippen LogP contribution >= 0.6 is 0 Å². The number of hydrazone groups is 1. The summed E-state index contributed by atoms with van der Waals surface area (Å²) in [5.74, 6) is -0.940. The van der Waals surface area contributed by atoms with Gasteiger partial charge in [-0.15, -0.1) is 26.3 Å². The predicted octanol–water partition coefficient (Wildman–Crippen LogP) is 4.97. The average molecular weight is 484 g/mol. The molecule has 1 atom stereocenters. The second-order valence-electron chi connectivity index (χ2n) is 6.99. The lowest BCUT2D eigenvalue weighted by molar-refractivity contribution is -0.275. The first-order valence-electron chi connectivity index (χ1n) is 9.62. The van der Waals surface area contributed by atoms with E-state index in [1.165, 1.54) is 52.4 Å².